The van der Waals surface area contributed by atoms with E-state index in [1.807, 2.05) is 6.20 Å². The lowest BCUT2D eigenvalue weighted by Crippen LogP contribution is -2.32. The number of nitrogens with zero attached hydrogens (tertiary/aromatic N) is 2. The number of thiazole rings is 1. The average Bonchev–Trinajstić information content (AvgIpc) is 3.29. The summed E-state index contributed by atoms with van der Waals surface area (Å²) in [6.45, 7) is 4.50. The molecule has 0 saturated carbocycles. The number of piperidine rings is 1. The van der Waals surface area contributed by atoms with Crippen LogP contribution < -0.4 is 5.32 Å². The Labute approximate surface area is 167 Å². The monoisotopic (exact) mass is 395 g/mol. The van der Waals surface area contributed by atoms with E-state index >= 15 is 0 Å². The molecular weight excluding hydrogens is 374 g/mol. The quantitative estimate of drug-likeness (QED) is 0.660. The van der Waals surface area contributed by atoms with Crippen LogP contribution in [0.2, 0.25) is 0 Å². The minimum absolute atomic E-state index is 0.0755. The van der Waals surface area contributed by atoms with Crippen LogP contribution in [0.3, 0.4) is 0 Å². The van der Waals surface area contributed by atoms with Crippen molar-refractivity contribution in [3.05, 3.63) is 46.3 Å². The average molecular weight is 396 g/mol. The second kappa shape index (κ2) is 8.22. The first-order valence-electron chi connectivity index (χ1n) is 9.09. The lowest BCUT2D eigenvalue weighted by Gasteiger charge is -2.29. The molecule has 1 amide bonds. The topological polar surface area (TPSA) is 45.2 Å². The molecule has 3 heterocycles. The number of thiophene rings is 1. The number of nitrogens with one attached hydrogen (secondary N) is 1. The third kappa shape index (κ3) is 4.75. The molecular formula is C21H21N3OS2. The Balaban J connectivity index is 1.30. The number of amides is 1. The Morgan fingerprint density at radius 1 is 1.33 bits per heavy atom. The van der Waals surface area contributed by atoms with Gasteiger partial charge in [0.1, 0.15) is 0 Å². The molecule has 1 saturated heterocycles. The Hall–Kier alpha value is -2.20. The smallest absolute Gasteiger partial charge is 0.223 e. The Kier molecular flexibility index (Phi) is 5.53. The van der Waals surface area contributed by atoms with E-state index in [1.165, 1.54) is 21.9 Å². The molecule has 27 heavy (non-hydrogen) atoms. The summed E-state index contributed by atoms with van der Waals surface area (Å²) in [5.41, 5.74) is 1.11. The maximum absolute atomic E-state index is 11.1. The van der Waals surface area contributed by atoms with E-state index in [0.717, 1.165) is 38.0 Å². The van der Waals surface area contributed by atoms with Gasteiger partial charge in [-0.15, -0.1) is 22.7 Å². The zero-order valence-electron chi connectivity index (χ0n) is 15.2. The molecule has 1 aliphatic heterocycles. The van der Waals surface area contributed by atoms with E-state index in [9.17, 15) is 4.79 Å². The molecule has 3 aromatic rings. The fraction of sp³-hybridized carbons (Fsp3) is 0.333. The summed E-state index contributed by atoms with van der Waals surface area (Å²) in [5, 5.41) is 6.83. The summed E-state index contributed by atoms with van der Waals surface area (Å²) in [6, 6.07) is 8.62. The van der Waals surface area contributed by atoms with Gasteiger partial charge in [-0.3, -0.25) is 9.69 Å². The summed E-state index contributed by atoms with van der Waals surface area (Å²) >= 11 is 3.32. The summed E-state index contributed by atoms with van der Waals surface area (Å²) < 4.78 is 1.32. The minimum atomic E-state index is -0.0755. The first-order chi connectivity index (χ1) is 13.2. The number of rotatable bonds is 3. The van der Waals surface area contributed by atoms with E-state index in [-0.39, 0.29) is 5.91 Å². The molecule has 0 spiro atoms. The molecule has 0 unspecified atom stereocenters. The third-order valence-corrected chi connectivity index (χ3v) is 6.47. The first kappa shape index (κ1) is 18.2. The highest BCUT2D eigenvalue weighted by atomic mass is 32.1. The summed E-state index contributed by atoms with van der Waals surface area (Å²) in [7, 11) is 0. The lowest BCUT2D eigenvalue weighted by atomic mass is 9.97. The fourth-order valence-corrected chi connectivity index (χ4v) is 4.95. The van der Waals surface area contributed by atoms with Crippen molar-refractivity contribution >= 4 is 43.8 Å². The van der Waals surface area contributed by atoms with Crippen molar-refractivity contribution in [2.24, 2.45) is 5.92 Å². The molecule has 0 aliphatic carbocycles. The normalized spacial score (nSPS) is 15.4. The number of anilines is 1. The van der Waals surface area contributed by atoms with E-state index in [2.05, 4.69) is 56.7 Å². The third-order valence-electron chi connectivity index (χ3n) is 4.68. The molecule has 1 N–H and O–H groups in total. The van der Waals surface area contributed by atoms with Gasteiger partial charge in [0.15, 0.2) is 5.13 Å². The van der Waals surface area contributed by atoms with Crippen molar-refractivity contribution in [1.29, 1.82) is 0 Å². The highest BCUT2D eigenvalue weighted by Crippen LogP contribution is 2.24. The largest absolute Gasteiger partial charge is 0.302 e. The van der Waals surface area contributed by atoms with Crippen LogP contribution in [-0.4, -0.2) is 28.9 Å². The molecule has 0 radical (unpaired) electrons. The van der Waals surface area contributed by atoms with Gasteiger partial charge in [0.05, 0.1) is 0 Å². The Morgan fingerprint density at radius 3 is 3.00 bits per heavy atom. The van der Waals surface area contributed by atoms with Crippen LogP contribution in [0.5, 0.6) is 0 Å². The molecule has 1 aliphatic rings. The van der Waals surface area contributed by atoms with Gasteiger partial charge in [-0.2, -0.15) is 0 Å². The molecule has 0 bridgehead atoms. The second-order valence-electron chi connectivity index (χ2n) is 6.81. The highest BCUT2D eigenvalue weighted by molar-refractivity contribution is 7.17. The SMILES string of the molecule is CC(=O)Nc1ncc(CN2CCC(C#Cc3ccc4sccc4c3)CC2)s1. The van der Waals surface area contributed by atoms with Crippen LogP contribution in [0, 0.1) is 17.8 Å². The second-order valence-corrected chi connectivity index (χ2v) is 8.87. The number of benzene rings is 1. The van der Waals surface area contributed by atoms with Crippen molar-refractivity contribution in [2.75, 3.05) is 18.4 Å². The van der Waals surface area contributed by atoms with Crippen LogP contribution in [0.15, 0.2) is 35.8 Å². The number of carbonyl (C=O) groups excluding carboxylic acids is 1. The van der Waals surface area contributed by atoms with E-state index in [4.69, 9.17) is 0 Å². The van der Waals surface area contributed by atoms with E-state index < -0.39 is 0 Å². The fourth-order valence-electron chi connectivity index (χ4n) is 3.27. The number of likely N-dealkylation sites (tertiary alicyclic amines) is 1. The van der Waals surface area contributed by atoms with Crippen LogP contribution in [0.4, 0.5) is 5.13 Å². The number of hydrogen-bond donors (Lipinski definition) is 1. The van der Waals surface area contributed by atoms with Gasteiger partial charge < -0.3 is 5.32 Å². The molecule has 1 fully saturated rings. The van der Waals surface area contributed by atoms with Crippen LogP contribution >= 0.6 is 22.7 Å². The maximum atomic E-state index is 11.1. The number of carbonyl (C=O) groups is 1. The zero-order chi connectivity index (χ0) is 18.6. The number of fused-ring (bicyclic) bond motifs is 1. The predicted octanol–water partition coefficient (Wildman–Crippen LogP) is 4.58. The van der Waals surface area contributed by atoms with Gasteiger partial charge in [-0.05, 0) is 61.0 Å². The molecule has 4 nitrogen and oxygen atoms in total. The van der Waals surface area contributed by atoms with E-state index in [1.54, 1.807) is 22.7 Å². The molecule has 2 aromatic heterocycles. The van der Waals surface area contributed by atoms with Crippen LogP contribution in [0.1, 0.15) is 30.2 Å². The summed E-state index contributed by atoms with van der Waals surface area (Å²) in [6.07, 6.45) is 4.07. The molecule has 6 heteroatoms. The van der Waals surface area contributed by atoms with Crippen LogP contribution in [0.25, 0.3) is 10.1 Å². The lowest BCUT2D eigenvalue weighted by molar-refractivity contribution is -0.114. The Bertz CT molecular complexity index is 1000. The Morgan fingerprint density at radius 2 is 2.19 bits per heavy atom. The minimum Gasteiger partial charge on any atom is -0.302 e. The van der Waals surface area contributed by atoms with Crippen molar-refractivity contribution < 1.29 is 4.79 Å². The van der Waals surface area contributed by atoms with Crippen LogP contribution in [-0.2, 0) is 11.3 Å². The van der Waals surface area contributed by atoms with E-state index in [0.29, 0.717) is 11.0 Å². The summed E-state index contributed by atoms with van der Waals surface area (Å²) in [5.74, 6) is 7.24. The first-order valence-corrected chi connectivity index (χ1v) is 10.8. The van der Waals surface area contributed by atoms with Gasteiger partial charge in [0.25, 0.3) is 0 Å². The molecule has 4 rings (SSSR count). The standard InChI is InChI=1S/C21H21N3OS2/c1-15(25)23-21-22-13-19(27-21)14-24-9-6-16(7-10-24)2-3-17-4-5-20-18(12-17)8-11-26-20/h4-5,8,11-13,16H,6-7,9-10,14H2,1H3,(H,22,23,25). The van der Waals surface area contributed by atoms with Crippen molar-refractivity contribution in [3.8, 4) is 11.8 Å². The van der Waals surface area contributed by atoms with Gasteiger partial charge in [0, 0.05) is 40.7 Å². The molecule has 0 atom stereocenters. The van der Waals surface area contributed by atoms with Gasteiger partial charge in [0.2, 0.25) is 5.91 Å². The molecule has 1 aromatic carbocycles. The predicted molar refractivity (Wildman–Crippen MR) is 113 cm³/mol. The van der Waals surface area contributed by atoms with Gasteiger partial charge in [-0.25, -0.2) is 4.98 Å². The van der Waals surface area contributed by atoms with Gasteiger partial charge >= 0.3 is 0 Å². The maximum Gasteiger partial charge on any atom is 0.223 e. The van der Waals surface area contributed by atoms with Crippen molar-refractivity contribution in [1.82, 2.24) is 9.88 Å². The number of hydrogen-bond acceptors (Lipinski definition) is 5. The van der Waals surface area contributed by atoms with Crippen molar-refractivity contribution in [2.45, 2.75) is 26.3 Å². The van der Waals surface area contributed by atoms with Gasteiger partial charge in [-0.1, -0.05) is 11.8 Å². The van der Waals surface area contributed by atoms with Crippen molar-refractivity contribution in [3.63, 3.8) is 0 Å². The molecule has 138 valence electrons. The summed E-state index contributed by atoms with van der Waals surface area (Å²) in [4.78, 5) is 19.0. The zero-order valence-corrected chi connectivity index (χ0v) is 16.8. The number of aromatic nitrogens is 1. The highest BCUT2D eigenvalue weighted by Gasteiger charge is 2.18.